The van der Waals surface area contributed by atoms with Crippen LogP contribution in [0, 0.1) is 6.92 Å². The molecule has 1 aliphatic carbocycles. The fourth-order valence-corrected chi connectivity index (χ4v) is 6.05. The Morgan fingerprint density at radius 3 is 2.40 bits per heavy atom. The van der Waals surface area contributed by atoms with Crippen molar-refractivity contribution in [3.05, 3.63) is 113 Å². The van der Waals surface area contributed by atoms with Crippen LogP contribution in [-0.4, -0.2) is 45.9 Å². The van der Waals surface area contributed by atoms with Crippen LogP contribution in [0.25, 0.3) is 22.5 Å². The van der Waals surface area contributed by atoms with E-state index in [0.29, 0.717) is 29.1 Å². The lowest BCUT2D eigenvalue weighted by Gasteiger charge is -2.20. The molecule has 1 unspecified atom stereocenters. The van der Waals surface area contributed by atoms with Crippen LogP contribution in [0.15, 0.2) is 83.5 Å². The highest BCUT2D eigenvalue weighted by Crippen LogP contribution is 2.51. The lowest BCUT2D eigenvalue weighted by molar-refractivity contribution is 0.0697. The van der Waals surface area contributed by atoms with Crippen LogP contribution in [0.3, 0.4) is 0 Å². The Morgan fingerprint density at radius 2 is 1.76 bits per heavy atom. The van der Waals surface area contributed by atoms with Gasteiger partial charge in [0.05, 0.1) is 36.3 Å². The van der Waals surface area contributed by atoms with Gasteiger partial charge in [-0.2, -0.15) is 0 Å². The molecular formula is C31H29N5O5S. The molecular weight excluding hydrogens is 554 g/mol. The van der Waals surface area contributed by atoms with Crippen molar-refractivity contribution in [3.8, 4) is 22.5 Å². The third-order valence-electron chi connectivity index (χ3n) is 7.34. The summed E-state index contributed by atoms with van der Waals surface area (Å²) in [6.45, 7) is 2.13. The van der Waals surface area contributed by atoms with Gasteiger partial charge in [0, 0.05) is 11.1 Å². The fraction of sp³-hybridized carbons (Fsp3) is 0.226. The van der Waals surface area contributed by atoms with Crippen molar-refractivity contribution < 1.29 is 22.8 Å². The molecule has 10 nitrogen and oxygen atoms in total. The molecule has 1 fully saturated rings. The third-order valence-corrected chi connectivity index (χ3v) is 8.01. The van der Waals surface area contributed by atoms with E-state index in [0.717, 1.165) is 41.4 Å². The van der Waals surface area contributed by atoms with Crippen LogP contribution in [0.1, 0.15) is 63.2 Å². The van der Waals surface area contributed by atoms with Crippen LogP contribution < -0.4 is 4.72 Å². The van der Waals surface area contributed by atoms with Crippen LogP contribution in [0.5, 0.6) is 0 Å². The number of rotatable bonds is 10. The SMILES string of the molecule is Cc1noc(-c2c(C(=O)O)ccc(-c3ccccc3)c2C2CC2)c1C(NS(C)(=O)=O)c1cn(Cc2ccccc2)nn1. The maximum atomic E-state index is 12.7. The van der Waals surface area contributed by atoms with Gasteiger partial charge in [-0.25, -0.2) is 22.6 Å². The van der Waals surface area contributed by atoms with Gasteiger partial charge in [0.15, 0.2) is 5.76 Å². The van der Waals surface area contributed by atoms with E-state index in [1.807, 2.05) is 66.7 Å². The standard InChI is InChI=1S/C31H29N5O5S/c1-19-26(29(34-42(2,39)40)25-18-36(35-32-25)17-20-9-5-3-6-10-20)30(41-33-19)28-24(31(37)38)16-15-23(27(28)22-13-14-22)21-11-7-4-8-12-21/h3-12,15-16,18,22,29,34H,13-14,17H2,1-2H3,(H,37,38). The van der Waals surface area contributed by atoms with Gasteiger partial charge in [-0.15, -0.1) is 5.10 Å². The van der Waals surface area contributed by atoms with Crippen molar-refractivity contribution in [2.45, 2.75) is 38.3 Å². The first-order valence-electron chi connectivity index (χ1n) is 13.5. The van der Waals surface area contributed by atoms with E-state index in [-0.39, 0.29) is 17.2 Å². The van der Waals surface area contributed by atoms with Crippen LogP contribution >= 0.6 is 0 Å². The number of carboxylic acids is 1. The molecule has 2 N–H and O–H groups in total. The second-order valence-corrected chi connectivity index (χ2v) is 12.3. The maximum Gasteiger partial charge on any atom is 0.336 e. The highest BCUT2D eigenvalue weighted by Gasteiger charge is 2.37. The molecule has 214 valence electrons. The number of aromatic carboxylic acids is 1. The average molecular weight is 584 g/mol. The van der Waals surface area contributed by atoms with Crippen molar-refractivity contribution in [3.63, 3.8) is 0 Å². The summed E-state index contributed by atoms with van der Waals surface area (Å²) in [6, 6.07) is 21.8. The minimum absolute atomic E-state index is 0.0554. The molecule has 0 saturated heterocycles. The Balaban J connectivity index is 1.54. The molecule has 0 bridgehead atoms. The summed E-state index contributed by atoms with van der Waals surface area (Å²) in [4.78, 5) is 12.6. The van der Waals surface area contributed by atoms with Gasteiger partial charge in [-0.05, 0) is 54.0 Å². The number of nitrogens with one attached hydrogen (secondary N) is 1. The first kappa shape index (κ1) is 27.6. The van der Waals surface area contributed by atoms with E-state index in [1.54, 1.807) is 23.9 Å². The number of sulfonamides is 1. The van der Waals surface area contributed by atoms with Gasteiger partial charge < -0.3 is 9.63 Å². The Bertz CT molecular complexity index is 1860. The highest BCUT2D eigenvalue weighted by molar-refractivity contribution is 7.88. The molecule has 0 spiro atoms. The molecule has 1 aliphatic rings. The highest BCUT2D eigenvalue weighted by atomic mass is 32.2. The van der Waals surface area contributed by atoms with E-state index in [4.69, 9.17) is 4.52 Å². The lowest BCUT2D eigenvalue weighted by Crippen LogP contribution is -2.29. The second-order valence-electron chi connectivity index (χ2n) is 10.6. The summed E-state index contributed by atoms with van der Waals surface area (Å²) in [6.07, 6.45) is 4.53. The van der Waals surface area contributed by atoms with E-state index < -0.39 is 22.0 Å². The van der Waals surface area contributed by atoms with Crippen molar-refractivity contribution in [1.82, 2.24) is 24.9 Å². The number of carboxylic acid groups (broad SMARTS) is 1. The first-order chi connectivity index (χ1) is 20.2. The number of hydrogen-bond acceptors (Lipinski definition) is 7. The Kier molecular flexibility index (Phi) is 7.21. The molecule has 0 radical (unpaired) electrons. The summed E-state index contributed by atoms with van der Waals surface area (Å²) in [5.41, 5.74) is 5.29. The molecule has 0 amide bonds. The number of aryl methyl sites for hydroxylation is 1. The molecule has 11 heteroatoms. The summed E-state index contributed by atoms with van der Waals surface area (Å²) in [7, 11) is -3.77. The molecule has 0 aliphatic heterocycles. The normalized spacial score (nSPS) is 14.1. The predicted octanol–water partition coefficient (Wildman–Crippen LogP) is 5.17. The van der Waals surface area contributed by atoms with Gasteiger partial charge in [0.25, 0.3) is 0 Å². The molecule has 1 saturated carbocycles. The first-order valence-corrected chi connectivity index (χ1v) is 15.4. The number of hydrogen-bond donors (Lipinski definition) is 2. The summed E-state index contributed by atoms with van der Waals surface area (Å²) in [5.74, 6) is -0.794. The van der Waals surface area contributed by atoms with Crippen molar-refractivity contribution in [2.75, 3.05) is 6.26 Å². The van der Waals surface area contributed by atoms with E-state index in [9.17, 15) is 18.3 Å². The Morgan fingerprint density at radius 1 is 1.07 bits per heavy atom. The Hall–Kier alpha value is -4.61. The van der Waals surface area contributed by atoms with E-state index >= 15 is 0 Å². The molecule has 6 rings (SSSR count). The topological polar surface area (TPSA) is 140 Å². The largest absolute Gasteiger partial charge is 0.478 e. The zero-order valence-corrected chi connectivity index (χ0v) is 23.9. The quantitative estimate of drug-likeness (QED) is 0.229. The van der Waals surface area contributed by atoms with Gasteiger partial charge in [-0.3, -0.25) is 0 Å². The lowest BCUT2D eigenvalue weighted by atomic mass is 9.86. The molecule has 2 aromatic heterocycles. The number of nitrogens with zero attached hydrogens (tertiary/aromatic N) is 4. The fourth-order valence-electron chi connectivity index (χ4n) is 5.38. The smallest absolute Gasteiger partial charge is 0.336 e. The third kappa shape index (κ3) is 5.61. The summed E-state index contributed by atoms with van der Waals surface area (Å²) < 4.78 is 35.5. The molecule has 42 heavy (non-hydrogen) atoms. The number of carbonyl (C=O) groups is 1. The molecule has 5 aromatic rings. The van der Waals surface area contributed by atoms with Gasteiger partial charge >= 0.3 is 5.97 Å². The average Bonchev–Trinajstić information content (AvgIpc) is 3.59. The van der Waals surface area contributed by atoms with Crippen LogP contribution in [0.2, 0.25) is 0 Å². The molecule has 2 heterocycles. The van der Waals surface area contributed by atoms with E-state index in [2.05, 4.69) is 20.2 Å². The summed E-state index contributed by atoms with van der Waals surface area (Å²) in [5, 5.41) is 23.1. The van der Waals surface area contributed by atoms with Crippen molar-refractivity contribution in [1.29, 1.82) is 0 Å². The van der Waals surface area contributed by atoms with Crippen molar-refractivity contribution >= 4 is 16.0 Å². The Labute approximate surface area is 243 Å². The zero-order chi connectivity index (χ0) is 29.4. The van der Waals surface area contributed by atoms with Gasteiger partial charge in [-0.1, -0.05) is 77.1 Å². The van der Waals surface area contributed by atoms with Crippen LogP contribution in [-0.2, 0) is 16.6 Å². The molecule has 3 aromatic carbocycles. The molecule has 1 atom stereocenters. The minimum atomic E-state index is -3.77. The minimum Gasteiger partial charge on any atom is -0.478 e. The van der Waals surface area contributed by atoms with Crippen LogP contribution in [0.4, 0.5) is 0 Å². The zero-order valence-electron chi connectivity index (χ0n) is 23.1. The number of benzene rings is 3. The van der Waals surface area contributed by atoms with E-state index in [1.165, 1.54) is 0 Å². The predicted molar refractivity (Wildman–Crippen MR) is 156 cm³/mol. The van der Waals surface area contributed by atoms with Gasteiger partial charge in [0.1, 0.15) is 5.69 Å². The number of aromatic nitrogens is 4. The maximum absolute atomic E-state index is 12.7. The van der Waals surface area contributed by atoms with Crippen molar-refractivity contribution in [2.24, 2.45) is 0 Å². The summed E-state index contributed by atoms with van der Waals surface area (Å²) >= 11 is 0. The second kappa shape index (κ2) is 11.0. The van der Waals surface area contributed by atoms with Gasteiger partial charge in [0.2, 0.25) is 10.0 Å². The monoisotopic (exact) mass is 583 g/mol.